The van der Waals surface area contributed by atoms with Crippen LogP contribution in [-0.4, -0.2) is 26.9 Å². The van der Waals surface area contributed by atoms with Crippen LogP contribution in [0.3, 0.4) is 0 Å². The Morgan fingerprint density at radius 1 is 1.06 bits per heavy atom. The summed E-state index contributed by atoms with van der Waals surface area (Å²) in [5.41, 5.74) is 0.818. The number of nitriles is 1. The lowest BCUT2D eigenvalue weighted by atomic mass is 9.48. The predicted molar refractivity (Wildman–Crippen MR) is 130 cm³/mol. The number of hydrogen-bond donors (Lipinski definition) is 1. The van der Waals surface area contributed by atoms with Crippen molar-refractivity contribution < 1.29 is 13.2 Å². The summed E-state index contributed by atoms with van der Waals surface area (Å²) in [4.78, 5) is 13.3. The maximum absolute atomic E-state index is 13.6. The van der Waals surface area contributed by atoms with Gasteiger partial charge in [0.2, 0.25) is 5.91 Å². The summed E-state index contributed by atoms with van der Waals surface area (Å²) in [6.45, 7) is 1.79. The Kier molecular flexibility index (Phi) is 5.89. The summed E-state index contributed by atoms with van der Waals surface area (Å²) in [5.74, 6) is 2.03. The number of carbonyl (C=O) groups is 1. The minimum absolute atomic E-state index is 0.00247. The minimum atomic E-state index is -4.04. The molecule has 1 atom stereocenters. The smallest absolute Gasteiger partial charge is 0.264 e. The average molecular weight is 478 g/mol. The molecule has 0 aliphatic heterocycles. The van der Waals surface area contributed by atoms with Gasteiger partial charge in [0.1, 0.15) is 6.54 Å². The molecule has 1 unspecified atom stereocenters. The molecule has 6 nitrogen and oxygen atoms in total. The van der Waals surface area contributed by atoms with Crippen LogP contribution >= 0.6 is 0 Å². The van der Waals surface area contributed by atoms with Crippen LogP contribution in [0.25, 0.3) is 0 Å². The Balaban J connectivity index is 1.38. The quantitative estimate of drug-likeness (QED) is 0.637. The molecule has 1 N–H and O–H groups in total. The monoisotopic (exact) mass is 477 g/mol. The van der Waals surface area contributed by atoms with Crippen molar-refractivity contribution in [1.29, 1.82) is 5.26 Å². The maximum Gasteiger partial charge on any atom is 0.264 e. The number of nitrogens with one attached hydrogen (secondary N) is 1. The second-order valence-electron chi connectivity index (χ2n) is 10.6. The SMILES string of the molecule is CC(NC(=O)CN(c1ccccc1)S(=O)(=O)c1cccc(C#N)c1)C12CC3CC(CC(C3)C1)C2. The number of benzene rings is 2. The van der Waals surface area contributed by atoms with Crippen LogP contribution in [0.2, 0.25) is 0 Å². The molecule has 1 amide bonds. The van der Waals surface area contributed by atoms with Gasteiger partial charge >= 0.3 is 0 Å². The number of para-hydroxylation sites is 1. The van der Waals surface area contributed by atoms with Gasteiger partial charge in [0.05, 0.1) is 22.2 Å². The van der Waals surface area contributed by atoms with Gasteiger partial charge in [-0.2, -0.15) is 5.26 Å². The maximum atomic E-state index is 13.6. The van der Waals surface area contributed by atoms with E-state index in [4.69, 9.17) is 0 Å². The molecular weight excluding hydrogens is 446 g/mol. The van der Waals surface area contributed by atoms with Gasteiger partial charge in [0, 0.05) is 6.04 Å². The molecule has 2 aromatic rings. The summed E-state index contributed by atoms with van der Waals surface area (Å²) < 4.78 is 28.3. The van der Waals surface area contributed by atoms with Crippen molar-refractivity contribution in [2.45, 2.75) is 56.4 Å². The summed E-state index contributed by atoms with van der Waals surface area (Å²) in [6, 6.07) is 16.6. The van der Waals surface area contributed by atoms with Crippen molar-refractivity contribution in [3.63, 3.8) is 0 Å². The first-order chi connectivity index (χ1) is 16.3. The van der Waals surface area contributed by atoms with Crippen molar-refractivity contribution in [2.24, 2.45) is 23.2 Å². The number of anilines is 1. The number of hydrogen-bond acceptors (Lipinski definition) is 4. The lowest BCUT2D eigenvalue weighted by Crippen LogP contribution is -2.57. The molecular formula is C27H31N3O3S. The Morgan fingerprint density at radius 3 is 2.26 bits per heavy atom. The van der Waals surface area contributed by atoms with E-state index in [2.05, 4.69) is 12.2 Å². The third kappa shape index (κ3) is 4.20. The fourth-order valence-electron chi connectivity index (χ4n) is 7.04. The Hall–Kier alpha value is -2.85. The normalized spacial score (nSPS) is 28.2. The first kappa shape index (κ1) is 22.9. The van der Waals surface area contributed by atoms with E-state index in [1.165, 1.54) is 50.7 Å². The van der Waals surface area contributed by atoms with Crippen LogP contribution in [0.15, 0.2) is 59.5 Å². The largest absolute Gasteiger partial charge is 0.352 e. The van der Waals surface area contributed by atoms with E-state index >= 15 is 0 Å². The van der Waals surface area contributed by atoms with Gasteiger partial charge in [0.25, 0.3) is 10.0 Å². The fourth-order valence-corrected chi connectivity index (χ4v) is 8.51. The minimum Gasteiger partial charge on any atom is -0.352 e. The van der Waals surface area contributed by atoms with Gasteiger partial charge in [-0.15, -0.1) is 0 Å². The average Bonchev–Trinajstić information content (AvgIpc) is 2.82. The lowest BCUT2D eigenvalue weighted by Gasteiger charge is -2.59. The van der Waals surface area contributed by atoms with Crippen LogP contribution in [0.5, 0.6) is 0 Å². The first-order valence-corrected chi connectivity index (χ1v) is 13.6. The third-order valence-electron chi connectivity index (χ3n) is 8.26. The molecule has 4 aliphatic carbocycles. The van der Waals surface area contributed by atoms with Crippen LogP contribution in [0, 0.1) is 34.5 Å². The van der Waals surface area contributed by atoms with E-state index in [0.29, 0.717) is 5.69 Å². The molecule has 178 valence electrons. The van der Waals surface area contributed by atoms with Crippen molar-refractivity contribution in [3.8, 4) is 6.07 Å². The zero-order valence-corrected chi connectivity index (χ0v) is 20.3. The van der Waals surface area contributed by atoms with Crippen molar-refractivity contribution in [1.82, 2.24) is 5.32 Å². The zero-order valence-electron chi connectivity index (χ0n) is 19.5. The molecule has 7 heteroatoms. The lowest BCUT2D eigenvalue weighted by molar-refractivity contribution is -0.124. The predicted octanol–water partition coefficient (Wildman–Crippen LogP) is 4.47. The van der Waals surface area contributed by atoms with Crippen LogP contribution in [0.4, 0.5) is 5.69 Å². The second kappa shape index (κ2) is 8.74. The highest BCUT2D eigenvalue weighted by Gasteiger charge is 2.53. The van der Waals surface area contributed by atoms with Crippen molar-refractivity contribution in [3.05, 3.63) is 60.2 Å². The molecule has 6 rings (SSSR count). The number of nitrogens with zero attached hydrogens (tertiary/aromatic N) is 2. The zero-order chi connectivity index (χ0) is 23.9. The highest BCUT2D eigenvalue weighted by molar-refractivity contribution is 7.92. The molecule has 2 aromatic carbocycles. The second-order valence-corrected chi connectivity index (χ2v) is 12.4. The highest BCUT2D eigenvalue weighted by Crippen LogP contribution is 2.61. The Labute approximate surface area is 202 Å². The summed E-state index contributed by atoms with van der Waals surface area (Å²) >= 11 is 0. The van der Waals surface area contributed by atoms with Gasteiger partial charge in [-0.05, 0) is 98.9 Å². The number of sulfonamides is 1. The van der Waals surface area contributed by atoms with E-state index < -0.39 is 10.0 Å². The molecule has 4 fully saturated rings. The summed E-state index contributed by atoms with van der Waals surface area (Å²) in [5, 5.41) is 12.4. The van der Waals surface area contributed by atoms with E-state index in [9.17, 15) is 18.5 Å². The standard InChI is InChI=1S/C27H31N3O3S/c1-19(27-14-21-10-22(15-27)12-23(11-21)16-27)29-26(31)18-30(24-7-3-2-4-8-24)34(32,33)25-9-5-6-20(13-25)17-28/h2-9,13,19,21-23H,10-12,14-16,18H2,1H3,(H,29,31). The van der Waals surface area contributed by atoms with Gasteiger partial charge in [-0.1, -0.05) is 24.3 Å². The number of rotatable bonds is 7. The Morgan fingerprint density at radius 2 is 1.68 bits per heavy atom. The molecule has 4 saturated carbocycles. The van der Waals surface area contributed by atoms with Gasteiger partial charge in [0.15, 0.2) is 0 Å². The molecule has 4 aliphatic rings. The third-order valence-corrected chi connectivity index (χ3v) is 10.0. The highest BCUT2D eigenvalue weighted by atomic mass is 32.2. The van der Waals surface area contributed by atoms with Crippen molar-refractivity contribution in [2.75, 3.05) is 10.8 Å². The van der Waals surface area contributed by atoms with Gasteiger partial charge < -0.3 is 5.32 Å². The first-order valence-electron chi connectivity index (χ1n) is 12.2. The molecule has 0 spiro atoms. The van der Waals surface area contributed by atoms with Gasteiger partial charge in [-0.3, -0.25) is 9.10 Å². The molecule has 0 aromatic heterocycles. The van der Waals surface area contributed by atoms with Crippen LogP contribution < -0.4 is 9.62 Å². The number of amides is 1. The van der Waals surface area contributed by atoms with Crippen LogP contribution in [-0.2, 0) is 14.8 Å². The molecule has 0 heterocycles. The molecule has 0 radical (unpaired) electrons. The Bertz CT molecular complexity index is 1180. The molecule has 34 heavy (non-hydrogen) atoms. The number of carbonyl (C=O) groups excluding carboxylic acids is 1. The summed E-state index contributed by atoms with van der Waals surface area (Å²) in [6.07, 6.45) is 7.51. The molecule has 4 bridgehead atoms. The van der Waals surface area contributed by atoms with E-state index in [1.807, 2.05) is 6.07 Å². The molecule has 0 saturated heterocycles. The van der Waals surface area contributed by atoms with E-state index in [-0.39, 0.29) is 34.4 Å². The van der Waals surface area contributed by atoms with Crippen LogP contribution in [0.1, 0.15) is 51.0 Å². The van der Waals surface area contributed by atoms with E-state index in [1.54, 1.807) is 42.5 Å². The van der Waals surface area contributed by atoms with Gasteiger partial charge in [-0.25, -0.2) is 8.42 Å². The summed E-state index contributed by atoms with van der Waals surface area (Å²) in [7, 11) is -4.04. The fraction of sp³-hybridized carbons (Fsp3) is 0.481. The van der Waals surface area contributed by atoms with Crippen molar-refractivity contribution >= 4 is 21.6 Å². The van der Waals surface area contributed by atoms with E-state index in [0.717, 1.165) is 22.1 Å². The topological polar surface area (TPSA) is 90.3 Å².